The van der Waals surface area contributed by atoms with Crippen LogP contribution in [0.15, 0.2) is 24.3 Å². The van der Waals surface area contributed by atoms with Crippen LogP contribution in [0.25, 0.3) is 0 Å². The first-order valence-electron chi connectivity index (χ1n) is 9.14. The zero-order chi connectivity index (χ0) is 16.4. The van der Waals surface area contributed by atoms with Gasteiger partial charge >= 0.3 is 0 Å². The van der Waals surface area contributed by atoms with Crippen molar-refractivity contribution in [3.05, 3.63) is 41.5 Å². The number of aryl methyl sites for hydroxylation is 1. The molecule has 1 atom stereocenters. The summed E-state index contributed by atoms with van der Waals surface area (Å²) in [5, 5.41) is 12.5. The summed E-state index contributed by atoms with van der Waals surface area (Å²) >= 11 is 0. The molecule has 128 valence electrons. The van der Waals surface area contributed by atoms with E-state index in [1.165, 1.54) is 37.7 Å². The number of methoxy groups -OCH3 is 1. The highest BCUT2D eigenvalue weighted by Crippen LogP contribution is 2.39. The average Bonchev–Trinajstić information content (AvgIpc) is 3.34. The number of para-hydroxylation sites is 1. The summed E-state index contributed by atoms with van der Waals surface area (Å²) in [6.45, 7) is 1.83. The van der Waals surface area contributed by atoms with Crippen LogP contribution in [0.5, 0.6) is 5.75 Å². The first-order chi connectivity index (χ1) is 11.9. The summed E-state index contributed by atoms with van der Waals surface area (Å²) in [5.74, 6) is 3.86. The molecule has 1 N–H and O–H groups in total. The van der Waals surface area contributed by atoms with Gasteiger partial charge in [-0.3, -0.25) is 0 Å². The first kappa shape index (κ1) is 15.6. The van der Waals surface area contributed by atoms with Crippen molar-refractivity contribution >= 4 is 0 Å². The molecule has 0 unspecified atom stereocenters. The maximum Gasteiger partial charge on any atom is 0.147 e. The number of ether oxygens (including phenoxy) is 1. The number of nitrogens with one attached hydrogen (secondary N) is 1. The SMILES string of the molecule is COc1ccccc1[C@@H](NCc1nnc2n1CCC2)C1CCCC1. The van der Waals surface area contributed by atoms with Crippen LogP contribution < -0.4 is 10.1 Å². The Kier molecular flexibility index (Phi) is 4.52. The normalized spacial score (nSPS) is 18.7. The quantitative estimate of drug-likeness (QED) is 0.885. The molecule has 0 radical (unpaired) electrons. The fourth-order valence-electron chi connectivity index (χ4n) is 4.29. The molecule has 2 aromatic rings. The van der Waals surface area contributed by atoms with E-state index in [0.29, 0.717) is 12.0 Å². The lowest BCUT2D eigenvalue weighted by atomic mass is 9.91. The lowest BCUT2D eigenvalue weighted by Gasteiger charge is -2.26. The average molecular weight is 326 g/mol. The van der Waals surface area contributed by atoms with Gasteiger partial charge in [-0.25, -0.2) is 0 Å². The Labute approximate surface area is 143 Å². The molecule has 24 heavy (non-hydrogen) atoms. The predicted octanol–water partition coefficient (Wildman–Crippen LogP) is 3.25. The Bertz CT molecular complexity index is 690. The van der Waals surface area contributed by atoms with E-state index in [0.717, 1.165) is 36.9 Å². The highest BCUT2D eigenvalue weighted by Gasteiger charge is 2.29. The minimum Gasteiger partial charge on any atom is -0.496 e. The first-order valence-corrected chi connectivity index (χ1v) is 9.14. The minimum absolute atomic E-state index is 0.318. The van der Waals surface area contributed by atoms with Crippen molar-refractivity contribution in [1.29, 1.82) is 0 Å². The fourth-order valence-corrected chi connectivity index (χ4v) is 4.29. The van der Waals surface area contributed by atoms with Crippen LogP contribution in [0.1, 0.15) is 55.4 Å². The van der Waals surface area contributed by atoms with Gasteiger partial charge in [-0.1, -0.05) is 31.0 Å². The monoisotopic (exact) mass is 326 g/mol. The molecule has 2 aliphatic rings. The Morgan fingerprint density at radius 3 is 2.88 bits per heavy atom. The minimum atomic E-state index is 0.318. The molecule has 0 spiro atoms. The molecule has 5 nitrogen and oxygen atoms in total. The third-order valence-corrected chi connectivity index (χ3v) is 5.51. The highest BCUT2D eigenvalue weighted by molar-refractivity contribution is 5.36. The van der Waals surface area contributed by atoms with E-state index < -0.39 is 0 Å². The number of hydrogen-bond donors (Lipinski definition) is 1. The van der Waals surface area contributed by atoms with Crippen LogP contribution in [0.2, 0.25) is 0 Å². The van der Waals surface area contributed by atoms with Crippen molar-refractivity contribution in [2.24, 2.45) is 5.92 Å². The van der Waals surface area contributed by atoms with Crippen LogP contribution in [0.3, 0.4) is 0 Å². The molecule has 1 aromatic heterocycles. The summed E-state index contributed by atoms with van der Waals surface area (Å²) in [4.78, 5) is 0. The zero-order valence-corrected chi connectivity index (χ0v) is 14.4. The zero-order valence-electron chi connectivity index (χ0n) is 14.4. The number of fused-ring (bicyclic) bond motifs is 1. The Morgan fingerprint density at radius 2 is 2.04 bits per heavy atom. The number of nitrogens with zero attached hydrogens (tertiary/aromatic N) is 3. The van der Waals surface area contributed by atoms with Crippen LogP contribution in [-0.2, 0) is 19.5 Å². The molecular formula is C19H26N4O. The van der Waals surface area contributed by atoms with E-state index >= 15 is 0 Å². The summed E-state index contributed by atoms with van der Waals surface area (Å²) in [6.07, 6.45) is 7.49. The van der Waals surface area contributed by atoms with E-state index in [1.807, 2.05) is 6.07 Å². The molecule has 0 amide bonds. The number of hydrogen-bond acceptors (Lipinski definition) is 4. The summed E-state index contributed by atoms with van der Waals surface area (Å²) in [7, 11) is 1.76. The van der Waals surface area contributed by atoms with E-state index in [1.54, 1.807) is 7.11 Å². The molecule has 5 heteroatoms. The molecule has 2 heterocycles. The van der Waals surface area contributed by atoms with Crippen LogP contribution >= 0.6 is 0 Å². The van der Waals surface area contributed by atoms with Crippen molar-refractivity contribution in [2.75, 3.05) is 7.11 Å². The highest BCUT2D eigenvalue weighted by atomic mass is 16.5. The third kappa shape index (κ3) is 2.93. The van der Waals surface area contributed by atoms with Gasteiger partial charge in [0, 0.05) is 24.6 Å². The van der Waals surface area contributed by atoms with Gasteiger partial charge in [-0.05, 0) is 31.2 Å². The second-order valence-electron chi connectivity index (χ2n) is 6.93. The standard InChI is InChI=1S/C19H26N4O/c1-24-16-10-5-4-9-15(16)19(14-7-2-3-8-14)20-13-18-22-21-17-11-6-12-23(17)18/h4-5,9-10,14,19-20H,2-3,6-8,11-13H2,1H3/t19-/m0/s1. The lowest BCUT2D eigenvalue weighted by Crippen LogP contribution is -2.28. The topological polar surface area (TPSA) is 52.0 Å². The molecule has 1 aliphatic carbocycles. The van der Waals surface area contributed by atoms with Crippen LogP contribution in [0.4, 0.5) is 0 Å². The van der Waals surface area contributed by atoms with Gasteiger partial charge in [0.25, 0.3) is 0 Å². The summed E-state index contributed by atoms with van der Waals surface area (Å²) in [5.41, 5.74) is 1.27. The molecule has 1 fully saturated rings. The molecule has 1 aromatic carbocycles. The van der Waals surface area contributed by atoms with Gasteiger partial charge in [0.15, 0.2) is 0 Å². The van der Waals surface area contributed by atoms with Gasteiger partial charge in [0.1, 0.15) is 17.4 Å². The van der Waals surface area contributed by atoms with Crippen molar-refractivity contribution in [3.63, 3.8) is 0 Å². The van der Waals surface area contributed by atoms with Crippen LogP contribution in [0, 0.1) is 5.92 Å². The van der Waals surface area contributed by atoms with Crippen molar-refractivity contribution in [2.45, 2.75) is 57.7 Å². The van der Waals surface area contributed by atoms with Crippen LogP contribution in [-0.4, -0.2) is 21.9 Å². The van der Waals surface area contributed by atoms with Gasteiger partial charge in [0.05, 0.1) is 13.7 Å². The predicted molar refractivity (Wildman–Crippen MR) is 92.9 cm³/mol. The Morgan fingerprint density at radius 1 is 1.21 bits per heavy atom. The van der Waals surface area contributed by atoms with E-state index in [9.17, 15) is 0 Å². The second kappa shape index (κ2) is 6.93. The molecular weight excluding hydrogens is 300 g/mol. The van der Waals surface area contributed by atoms with Gasteiger partial charge < -0.3 is 14.6 Å². The lowest BCUT2D eigenvalue weighted by molar-refractivity contribution is 0.339. The molecule has 4 rings (SSSR count). The third-order valence-electron chi connectivity index (χ3n) is 5.51. The van der Waals surface area contributed by atoms with Crippen molar-refractivity contribution < 1.29 is 4.74 Å². The maximum atomic E-state index is 5.62. The second-order valence-corrected chi connectivity index (χ2v) is 6.93. The number of aromatic nitrogens is 3. The largest absolute Gasteiger partial charge is 0.496 e. The maximum absolute atomic E-state index is 5.62. The van der Waals surface area contributed by atoms with E-state index in [2.05, 4.69) is 38.3 Å². The Hall–Kier alpha value is -1.88. The van der Waals surface area contributed by atoms with Crippen molar-refractivity contribution in [1.82, 2.24) is 20.1 Å². The van der Waals surface area contributed by atoms with Gasteiger partial charge in [0.2, 0.25) is 0 Å². The fraction of sp³-hybridized carbons (Fsp3) is 0.579. The smallest absolute Gasteiger partial charge is 0.147 e. The summed E-state index contributed by atoms with van der Waals surface area (Å²) < 4.78 is 7.90. The number of rotatable bonds is 6. The van der Waals surface area contributed by atoms with E-state index in [-0.39, 0.29) is 0 Å². The number of benzene rings is 1. The molecule has 1 saturated carbocycles. The molecule has 1 aliphatic heterocycles. The van der Waals surface area contributed by atoms with E-state index in [4.69, 9.17) is 4.74 Å². The van der Waals surface area contributed by atoms with Gasteiger partial charge in [-0.15, -0.1) is 10.2 Å². The van der Waals surface area contributed by atoms with Crippen molar-refractivity contribution in [3.8, 4) is 5.75 Å². The molecule has 0 bridgehead atoms. The Balaban J connectivity index is 1.56. The molecule has 0 saturated heterocycles. The van der Waals surface area contributed by atoms with Gasteiger partial charge in [-0.2, -0.15) is 0 Å². The summed E-state index contributed by atoms with van der Waals surface area (Å²) in [6, 6.07) is 8.73.